The number of ether oxygens (including phenoxy) is 5. The first-order valence-electron chi connectivity index (χ1n) is 11.5. The lowest BCUT2D eigenvalue weighted by atomic mass is 10.1. The van der Waals surface area contributed by atoms with Crippen LogP contribution in [0.4, 0.5) is 0 Å². The number of para-hydroxylation sites is 1. The molecule has 30 heavy (non-hydrogen) atoms. The molecule has 4 heterocycles. The first-order valence-corrected chi connectivity index (χ1v) is 11.5. The van der Waals surface area contributed by atoms with Crippen molar-refractivity contribution < 1.29 is 28.8 Å². The number of epoxide rings is 3. The molecule has 0 radical (unpaired) electrons. The van der Waals surface area contributed by atoms with E-state index in [1.165, 1.54) is 44.9 Å². The third-order valence-corrected chi connectivity index (χ3v) is 4.87. The molecule has 172 valence electrons. The van der Waals surface area contributed by atoms with Crippen molar-refractivity contribution in [2.75, 3.05) is 46.2 Å². The van der Waals surface area contributed by atoms with Crippen LogP contribution >= 0.6 is 0 Å². The summed E-state index contributed by atoms with van der Waals surface area (Å²) in [6, 6.07) is 9.79. The van der Waals surface area contributed by atoms with Crippen molar-refractivity contribution in [2.45, 2.75) is 70.2 Å². The Morgan fingerprint density at radius 3 is 1.73 bits per heavy atom. The zero-order chi connectivity index (χ0) is 21.3. The van der Waals surface area contributed by atoms with Crippen molar-refractivity contribution in [3.63, 3.8) is 0 Å². The topological polar surface area (TPSA) is 76.3 Å². The van der Waals surface area contributed by atoms with Crippen LogP contribution in [0.15, 0.2) is 30.3 Å². The molecule has 4 fully saturated rings. The van der Waals surface area contributed by atoms with Crippen molar-refractivity contribution >= 4 is 0 Å². The summed E-state index contributed by atoms with van der Waals surface area (Å²) in [5, 5.41) is 8.08. The molecular weight excluding hydrogens is 384 g/mol. The van der Waals surface area contributed by atoms with E-state index in [1.54, 1.807) is 0 Å². The van der Waals surface area contributed by atoms with E-state index in [1.807, 2.05) is 30.3 Å². The predicted molar refractivity (Wildman–Crippen MR) is 117 cm³/mol. The highest BCUT2D eigenvalue weighted by Crippen LogP contribution is 2.13. The van der Waals surface area contributed by atoms with Gasteiger partial charge in [-0.1, -0.05) is 50.8 Å². The predicted octanol–water partition coefficient (Wildman–Crippen LogP) is 3.99. The van der Waals surface area contributed by atoms with Crippen LogP contribution in [0.2, 0.25) is 0 Å². The van der Waals surface area contributed by atoms with Crippen LogP contribution in [0.25, 0.3) is 0 Å². The Bertz CT molecular complexity index is 459. The van der Waals surface area contributed by atoms with Crippen LogP contribution in [0.5, 0.6) is 5.75 Å². The van der Waals surface area contributed by atoms with E-state index in [2.05, 4.69) is 11.7 Å². The highest BCUT2D eigenvalue weighted by molar-refractivity contribution is 5.20. The minimum Gasteiger partial charge on any atom is -0.491 e. The largest absolute Gasteiger partial charge is 0.491 e. The van der Waals surface area contributed by atoms with E-state index >= 15 is 0 Å². The van der Waals surface area contributed by atoms with Gasteiger partial charge in [-0.05, 0) is 31.4 Å². The van der Waals surface area contributed by atoms with E-state index in [-0.39, 0.29) is 12.7 Å². The Kier molecular flexibility index (Phi) is 13.8. The summed E-state index contributed by atoms with van der Waals surface area (Å²) >= 11 is 0. The van der Waals surface area contributed by atoms with Gasteiger partial charge in [0.25, 0.3) is 0 Å². The summed E-state index contributed by atoms with van der Waals surface area (Å²) in [6.07, 6.45) is 10.5. The fraction of sp³-hybridized carbons (Fsp3) is 0.750. The van der Waals surface area contributed by atoms with Crippen LogP contribution in [-0.2, 0) is 18.9 Å². The molecule has 3 unspecified atom stereocenters. The van der Waals surface area contributed by atoms with Gasteiger partial charge >= 0.3 is 0 Å². The summed E-state index contributed by atoms with van der Waals surface area (Å²) in [7, 11) is 0. The van der Waals surface area contributed by atoms with Gasteiger partial charge in [-0.15, -0.1) is 0 Å². The molecule has 0 aromatic heterocycles. The minimum atomic E-state index is 0.190. The van der Waals surface area contributed by atoms with Gasteiger partial charge in [-0.25, -0.2) is 0 Å². The van der Waals surface area contributed by atoms with E-state index in [0.29, 0.717) is 18.8 Å². The second-order valence-corrected chi connectivity index (χ2v) is 7.81. The van der Waals surface area contributed by atoms with Gasteiger partial charge in [-0.2, -0.15) is 0 Å². The lowest BCUT2D eigenvalue weighted by Gasteiger charge is -2.01. The summed E-state index contributed by atoms with van der Waals surface area (Å²) in [5.41, 5.74) is 0. The fourth-order valence-corrected chi connectivity index (χ4v) is 2.56. The summed E-state index contributed by atoms with van der Waals surface area (Å²) in [4.78, 5) is 0. The zero-order valence-corrected chi connectivity index (χ0v) is 18.5. The van der Waals surface area contributed by atoms with Crippen molar-refractivity contribution in [3.8, 4) is 5.75 Å². The van der Waals surface area contributed by atoms with Crippen molar-refractivity contribution in [3.05, 3.63) is 30.3 Å². The minimum absolute atomic E-state index is 0.190. The van der Waals surface area contributed by atoms with Crippen molar-refractivity contribution in [1.29, 1.82) is 0 Å². The number of aliphatic hydroxyl groups is 1. The van der Waals surface area contributed by atoms with E-state index < -0.39 is 0 Å². The van der Waals surface area contributed by atoms with Crippen LogP contribution in [0.3, 0.4) is 0 Å². The molecule has 1 aromatic rings. The van der Waals surface area contributed by atoms with Crippen LogP contribution in [0.1, 0.15) is 51.9 Å². The molecule has 1 N–H and O–H groups in total. The molecular formula is C24H40O6. The molecule has 4 aliphatic rings. The Balaban J connectivity index is 0.000000151. The second kappa shape index (κ2) is 16.5. The molecule has 0 saturated carbocycles. The Labute approximate surface area is 181 Å². The van der Waals surface area contributed by atoms with Gasteiger partial charge in [-0.3, -0.25) is 0 Å². The monoisotopic (exact) mass is 424 g/mol. The van der Waals surface area contributed by atoms with Crippen LogP contribution in [-0.4, -0.2) is 69.7 Å². The first-order chi connectivity index (χ1) is 14.8. The molecule has 0 bridgehead atoms. The van der Waals surface area contributed by atoms with Gasteiger partial charge in [0.1, 0.15) is 24.6 Å². The molecule has 0 amide bonds. The lowest BCUT2D eigenvalue weighted by molar-refractivity contribution is 0.131. The van der Waals surface area contributed by atoms with Gasteiger partial charge in [0.05, 0.1) is 32.5 Å². The Hall–Kier alpha value is -1.18. The van der Waals surface area contributed by atoms with Crippen LogP contribution < -0.4 is 4.74 Å². The number of hydrogen-bond donors (Lipinski definition) is 1. The molecule has 5 rings (SSSR count). The van der Waals surface area contributed by atoms with Gasteiger partial charge in [0.2, 0.25) is 0 Å². The number of hydrogen-bond acceptors (Lipinski definition) is 6. The van der Waals surface area contributed by atoms with Gasteiger partial charge in [0, 0.05) is 13.2 Å². The quantitative estimate of drug-likeness (QED) is 0.720. The summed E-state index contributed by atoms with van der Waals surface area (Å²) in [6.45, 7) is 7.64. The molecule has 1 aromatic carbocycles. The smallest absolute Gasteiger partial charge is 0.119 e. The normalized spacial score (nSPS) is 26.4. The molecule has 4 saturated heterocycles. The van der Waals surface area contributed by atoms with E-state index in [9.17, 15) is 0 Å². The molecule has 0 spiro atoms. The highest BCUT2D eigenvalue weighted by Gasteiger charge is 2.22. The maximum Gasteiger partial charge on any atom is 0.119 e. The number of aliphatic hydroxyl groups excluding tert-OH is 1. The number of rotatable bonds is 5. The maximum atomic E-state index is 8.08. The third-order valence-electron chi connectivity index (χ3n) is 4.87. The standard InChI is InChI=1S/C9H10O2.C8H16O.C4H8O.C3H6O2/c1-2-4-8(5-3-1)10-6-9-7-11-9;1-2-4-6-8-9-7-5-3-1;1-2-4-3-5-4;4-1-3-2-5-3/h1-5,9H,6-7H2;1-8H2;4H,2-3H2,1H3;3-4H,1-2H2. The van der Waals surface area contributed by atoms with Crippen molar-refractivity contribution in [1.82, 2.24) is 0 Å². The molecule has 6 nitrogen and oxygen atoms in total. The van der Waals surface area contributed by atoms with Gasteiger partial charge in [0.15, 0.2) is 0 Å². The van der Waals surface area contributed by atoms with E-state index in [4.69, 9.17) is 24.1 Å². The SMILES string of the molecule is C1CCCCOCCC1.CCC1CO1.OCC1CO1.c1ccc(OCC2CO2)cc1. The van der Waals surface area contributed by atoms with Crippen LogP contribution in [0, 0.1) is 0 Å². The zero-order valence-electron chi connectivity index (χ0n) is 18.5. The summed E-state index contributed by atoms with van der Waals surface area (Å²) in [5.74, 6) is 0.919. The molecule has 3 atom stereocenters. The Morgan fingerprint density at radius 1 is 0.800 bits per heavy atom. The van der Waals surface area contributed by atoms with Crippen molar-refractivity contribution in [2.24, 2.45) is 0 Å². The Morgan fingerprint density at radius 2 is 1.33 bits per heavy atom. The first kappa shape index (κ1) is 25.1. The summed E-state index contributed by atoms with van der Waals surface area (Å²) < 4.78 is 25.2. The molecule has 6 heteroatoms. The fourth-order valence-electron chi connectivity index (χ4n) is 2.56. The average molecular weight is 425 g/mol. The highest BCUT2D eigenvalue weighted by atomic mass is 16.6. The third kappa shape index (κ3) is 15.6. The molecule has 0 aliphatic carbocycles. The lowest BCUT2D eigenvalue weighted by Crippen LogP contribution is -2.03. The number of benzene rings is 1. The van der Waals surface area contributed by atoms with Gasteiger partial charge < -0.3 is 28.8 Å². The average Bonchev–Trinajstić information content (AvgIpc) is 3.65. The van der Waals surface area contributed by atoms with E-state index in [0.717, 1.165) is 38.8 Å². The maximum absolute atomic E-state index is 8.08. The molecule has 4 aliphatic heterocycles. The second-order valence-electron chi connectivity index (χ2n) is 7.81.